The molecule has 3 rings (SSSR count). The minimum Gasteiger partial charge on any atom is -0.469 e. The Bertz CT molecular complexity index is 886. The third-order valence-corrected chi connectivity index (χ3v) is 4.53. The van der Waals surface area contributed by atoms with Crippen LogP contribution in [0.3, 0.4) is 0 Å². The number of hydrogen-bond donors (Lipinski definition) is 0. The van der Waals surface area contributed by atoms with E-state index >= 15 is 0 Å². The van der Waals surface area contributed by atoms with Gasteiger partial charge in [0.25, 0.3) is 0 Å². The monoisotopic (exact) mass is 333 g/mol. The first-order valence-corrected chi connectivity index (χ1v) is 8.70. The van der Waals surface area contributed by atoms with E-state index in [-0.39, 0.29) is 5.97 Å². The number of aromatic nitrogens is 1. The van der Waals surface area contributed by atoms with E-state index in [1.54, 1.807) is 0 Å². The Balaban J connectivity index is 1.82. The highest BCUT2D eigenvalue weighted by Gasteiger charge is 2.06. The van der Waals surface area contributed by atoms with Crippen LogP contribution in [0, 0.1) is 0 Å². The zero-order valence-electron chi connectivity index (χ0n) is 14.8. The van der Waals surface area contributed by atoms with Crippen LogP contribution in [-0.2, 0) is 28.8 Å². The molecular weight excluding hydrogens is 310 g/mol. The van der Waals surface area contributed by atoms with Crippen molar-refractivity contribution in [1.82, 2.24) is 4.98 Å². The van der Waals surface area contributed by atoms with Gasteiger partial charge in [0.1, 0.15) is 0 Å². The molecule has 0 saturated carbocycles. The minimum absolute atomic E-state index is 0.173. The Morgan fingerprint density at radius 2 is 1.88 bits per heavy atom. The SMILES string of the molecule is CCc1ccc2c(Cc3cccc(CCC(=O)OC)c3)nccc2c1. The summed E-state index contributed by atoms with van der Waals surface area (Å²) in [6.07, 6.45) is 4.82. The molecule has 0 aliphatic rings. The van der Waals surface area contributed by atoms with Crippen LogP contribution in [0.5, 0.6) is 0 Å². The summed E-state index contributed by atoms with van der Waals surface area (Å²) in [5.41, 5.74) is 4.79. The zero-order chi connectivity index (χ0) is 17.6. The molecule has 0 atom stereocenters. The van der Waals surface area contributed by atoms with E-state index in [9.17, 15) is 4.79 Å². The smallest absolute Gasteiger partial charge is 0.305 e. The highest BCUT2D eigenvalue weighted by molar-refractivity contribution is 5.85. The Hall–Kier alpha value is -2.68. The first-order valence-electron chi connectivity index (χ1n) is 8.70. The van der Waals surface area contributed by atoms with Gasteiger partial charge in [-0.05, 0) is 41.0 Å². The van der Waals surface area contributed by atoms with Crippen molar-refractivity contribution in [3.63, 3.8) is 0 Å². The van der Waals surface area contributed by atoms with Crippen LogP contribution in [0.15, 0.2) is 54.7 Å². The first-order chi connectivity index (χ1) is 12.2. The molecule has 0 aliphatic carbocycles. The molecule has 3 nitrogen and oxygen atoms in total. The number of rotatable bonds is 6. The number of esters is 1. The molecule has 0 amide bonds. The Labute approximate surface area is 148 Å². The number of aryl methyl sites for hydroxylation is 2. The third-order valence-electron chi connectivity index (χ3n) is 4.53. The summed E-state index contributed by atoms with van der Waals surface area (Å²) in [6.45, 7) is 2.17. The average Bonchev–Trinajstić information content (AvgIpc) is 2.66. The lowest BCUT2D eigenvalue weighted by molar-refractivity contribution is -0.140. The normalized spacial score (nSPS) is 10.8. The number of carbonyl (C=O) groups is 1. The average molecular weight is 333 g/mol. The van der Waals surface area contributed by atoms with Crippen LogP contribution in [-0.4, -0.2) is 18.1 Å². The van der Waals surface area contributed by atoms with Gasteiger partial charge in [-0.1, -0.05) is 49.4 Å². The fourth-order valence-electron chi connectivity index (χ4n) is 3.09. The maximum Gasteiger partial charge on any atom is 0.305 e. The lowest BCUT2D eigenvalue weighted by atomic mass is 9.99. The predicted molar refractivity (Wildman–Crippen MR) is 101 cm³/mol. The first kappa shape index (κ1) is 17.2. The van der Waals surface area contributed by atoms with Gasteiger partial charge in [0.2, 0.25) is 0 Å². The zero-order valence-corrected chi connectivity index (χ0v) is 14.8. The van der Waals surface area contributed by atoms with Crippen molar-refractivity contribution in [3.8, 4) is 0 Å². The Kier molecular flexibility index (Phi) is 5.44. The highest BCUT2D eigenvalue weighted by Crippen LogP contribution is 2.22. The van der Waals surface area contributed by atoms with Crippen molar-refractivity contribution in [3.05, 3.63) is 77.1 Å². The Morgan fingerprint density at radius 3 is 2.68 bits per heavy atom. The summed E-state index contributed by atoms with van der Waals surface area (Å²) in [5, 5.41) is 2.45. The molecule has 2 aromatic carbocycles. The van der Waals surface area contributed by atoms with Gasteiger partial charge in [0.05, 0.1) is 12.8 Å². The van der Waals surface area contributed by atoms with E-state index in [1.165, 1.54) is 29.0 Å². The lowest BCUT2D eigenvalue weighted by Gasteiger charge is -2.09. The number of methoxy groups -OCH3 is 1. The van der Waals surface area contributed by atoms with E-state index in [4.69, 9.17) is 4.74 Å². The van der Waals surface area contributed by atoms with Crippen molar-refractivity contribution in [2.45, 2.75) is 32.6 Å². The van der Waals surface area contributed by atoms with E-state index in [0.717, 1.165) is 24.1 Å². The molecule has 0 aliphatic heterocycles. The second-order valence-electron chi connectivity index (χ2n) is 6.24. The topological polar surface area (TPSA) is 39.2 Å². The third kappa shape index (κ3) is 4.24. The minimum atomic E-state index is -0.173. The van der Waals surface area contributed by atoms with Crippen LogP contribution in [0.4, 0.5) is 0 Å². The van der Waals surface area contributed by atoms with Gasteiger partial charge in [0.15, 0.2) is 0 Å². The van der Waals surface area contributed by atoms with Gasteiger partial charge in [-0.25, -0.2) is 0 Å². The fraction of sp³-hybridized carbons (Fsp3) is 0.273. The van der Waals surface area contributed by atoms with Crippen LogP contribution in [0.1, 0.15) is 35.7 Å². The molecule has 1 heterocycles. The van der Waals surface area contributed by atoms with E-state index < -0.39 is 0 Å². The molecule has 128 valence electrons. The molecule has 0 spiro atoms. The maximum absolute atomic E-state index is 11.3. The molecular formula is C22H23NO2. The van der Waals surface area contributed by atoms with E-state index in [1.807, 2.05) is 12.3 Å². The summed E-state index contributed by atoms with van der Waals surface area (Å²) in [5.74, 6) is -0.173. The van der Waals surface area contributed by atoms with Crippen LogP contribution < -0.4 is 0 Å². The summed E-state index contributed by atoms with van der Waals surface area (Å²) in [4.78, 5) is 15.9. The number of ether oxygens (including phenoxy) is 1. The van der Waals surface area contributed by atoms with Crippen molar-refractivity contribution >= 4 is 16.7 Å². The van der Waals surface area contributed by atoms with E-state index in [0.29, 0.717) is 12.8 Å². The van der Waals surface area contributed by atoms with Gasteiger partial charge in [0, 0.05) is 24.4 Å². The number of nitrogens with zero attached hydrogens (tertiary/aromatic N) is 1. The van der Waals surface area contributed by atoms with Gasteiger partial charge in [-0.15, -0.1) is 0 Å². The molecule has 0 saturated heterocycles. The van der Waals surface area contributed by atoms with Crippen LogP contribution in [0.25, 0.3) is 10.8 Å². The summed E-state index contributed by atoms with van der Waals surface area (Å²) < 4.78 is 4.72. The molecule has 3 aromatic rings. The second kappa shape index (κ2) is 7.93. The van der Waals surface area contributed by atoms with Crippen molar-refractivity contribution in [2.75, 3.05) is 7.11 Å². The summed E-state index contributed by atoms with van der Waals surface area (Å²) >= 11 is 0. The van der Waals surface area contributed by atoms with E-state index in [2.05, 4.69) is 54.4 Å². The van der Waals surface area contributed by atoms with Crippen molar-refractivity contribution in [1.29, 1.82) is 0 Å². The van der Waals surface area contributed by atoms with Gasteiger partial charge < -0.3 is 4.74 Å². The van der Waals surface area contributed by atoms with Crippen molar-refractivity contribution in [2.24, 2.45) is 0 Å². The lowest BCUT2D eigenvalue weighted by Crippen LogP contribution is -2.02. The maximum atomic E-state index is 11.3. The van der Waals surface area contributed by atoms with Crippen LogP contribution in [0.2, 0.25) is 0 Å². The quantitative estimate of drug-likeness (QED) is 0.624. The van der Waals surface area contributed by atoms with Gasteiger partial charge in [-0.3, -0.25) is 9.78 Å². The molecule has 0 radical (unpaired) electrons. The number of carbonyl (C=O) groups excluding carboxylic acids is 1. The summed E-state index contributed by atoms with van der Waals surface area (Å²) in [7, 11) is 1.43. The molecule has 1 aromatic heterocycles. The molecule has 3 heteroatoms. The number of fused-ring (bicyclic) bond motifs is 1. The number of benzene rings is 2. The molecule has 0 fully saturated rings. The number of pyridine rings is 1. The second-order valence-corrected chi connectivity index (χ2v) is 6.24. The molecule has 0 bridgehead atoms. The highest BCUT2D eigenvalue weighted by atomic mass is 16.5. The Morgan fingerprint density at radius 1 is 1.04 bits per heavy atom. The van der Waals surface area contributed by atoms with Gasteiger partial charge >= 0.3 is 5.97 Å². The van der Waals surface area contributed by atoms with Crippen molar-refractivity contribution < 1.29 is 9.53 Å². The number of hydrogen-bond acceptors (Lipinski definition) is 3. The largest absolute Gasteiger partial charge is 0.469 e. The molecule has 0 N–H and O–H groups in total. The molecule has 0 unspecified atom stereocenters. The standard InChI is InChI=1S/C22H23NO2/c1-3-16-7-9-20-19(14-16)11-12-23-21(20)15-18-6-4-5-17(13-18)8-10-22(24)25-2/h4-7,9,11-14H,3,8,10,15H2,1-2H3. The predicted octanol–water partition coefficient (Wildman–Crippen LogP) is 4.49. The molecule has 25 heavy (non-hydrogen) atoms. The van der Waals surface area contributed by atoms with Gasteiger partial charge in [-0.2, -0.15) is 0 Å². The summed E-state index contributed by atoms with van der Waals surface area (Å²) in [6, 6.07) is 17.0. The van der Waals surface area contributed by atoms with Crippen LogP contribution >= 0.6 is 0 Å². The fourth-order valence-corrected chi connectivity index (χ4v) is 3.09.